The van der Waals surface area contributed by atoms with Gasteiger partial charge in [-0.25, -0.2) is 0 Å². The van der Waals surface area contributed by atoms with Crippen LogP contribution in [0.5, 0.6) is 0 Å². The number of thioether (sulfide) groups is 2. The first-order valence-corrected chi connectivity index (χ1v) is 10.3. The summed E-state index contributed by atoms with van der Waals surface area (Å²) < 4.78 is 0. The number of β-lactam (4-membered cyclic amide) rings is 1. The third-order valence-corrected chi connectivity index (χ3v) is 6.12. The Morgan fingerprint density at radius 3 is 2.47 bits per heavy atom. The van der Waals surface area contributed by atoms with E-state index in [0.29, 0.717) is 0 Å². The molecule has 2 amide bonds. The second-order valence-electron chi connectivity index (χ2n) is 5.82. The Bertz CT molecular complexity index is 834. The van der Waals surface area contributed by atoms with Gasteiger partial charge in [0.1, 0.15) is 11.4 Å². The van der Waals surface area contributed by atoms with E-state index in [9.17, 15) is 24.6 Å². The number of aromatic nitrogens is 1. The monoisotopic (exact) mass is 462 g/mol. The van der Waals surface area contributed by atoms with Crippen LogP contribution in [0.3, 0.4) is 0 Å². The Hall–Kier alpha value is -1.57. The number of nitrogens with zero attached hydrogens (tertiary/aromatic N) is 2. The Kier molecular flexibility index (Phi) is 10.9. The fourth-order valence-corrected chi connectivity index (χ4v) is 4.62. The van der Waals surface area contributed by atoms with Gasteiger partial charge >= 0.3 is 29.6 Å². The maximum Gasteiger partial charge on any atom is 1.00 e. The van der Waals surface area contributed by atoms with E-state index in [0.717, 1.165) is 16.7 Å². The van der Waals surface area contributed by atoms with E-state index in [1.54, 1.807) is 24.5 Å². The molecule has 2 atom stereocenters. The molecule has 1 aromatic heterocycles. The number of carboxylic acid groups (broad SMARTS) is 2. The Labute approximate surface area is 202 Å². The molecule has 0 bridgehead atoms. The third-order valence-electron chi connectivity index (χ3n) is 3.77. The number of aliphatic hydroxyl groups excluding tert-OH is 1. The molecular weight excluding hydrogens is 445 g/mol. The molecular formula is C17H17N3NaO7S2-. The predicted octanol–water partition coefficient (Wildman–Crippen LogP) is -5.67. The van der Waals surface area contributed by atoms with Crippen LogP contribution in [0.2, 0.25) is 0 Å². The van der Waals surface area contributed by atoms with Crippen LogP contribution >= 0.6 is 23.5 Å². The maximum atomic E-state index is 12.3. The van der Waals surface area contributed by atoms with Gasteiger partial charge in [-0.15, -0.1) is 23.5 Å². The minimum atomic E-state index is -1.50. The average Bonchev–Trinajstić information content (AvgIpc) is 2.69. The number of hydrogen-bond acceptors (Lipinski definition) is 10. The Balaban J connectivity index is 0.000000827. The molecule has 2 aliphatic rings. The fourth-order valence-electron chi connectivity index (χ4n) is 2.59. The van der Waals surface area contributed by atoms with E-state index in [4.69, 9.17) is 9.90 Å². The molecule has 1 fully saturated rings. The van der Waals surface area contributed by atoms with E-state index < -0.39 is 35.9 Å². The van der Waals surface area contributed by atoms with Gasteiger partial charge in [-0.2, -0.15) is 0 Å². The quantitative estimate of drug-likeness (QED) is 0.237. The molecule has 0 unspecified atom stereocenters. The zero-order valence-corrected chi connectivity index (χ0v) is 19.8. The first-order chi connectivity index (χ1) is 13.8. The summed E-state index contributed by atoms with van der Waals surface area (Å²) in [4.78, 5) is 50.3. The zero-order chi connectivity index (χ0) is 21.6. The predicted molar refractivity (Wildman–Crippen MR) is 99.8 cm³/mol. The number of fused-ring (bicyclic) bond motifs is 1. The second kappa shape index (κ2) is 12.3. The minimum Gasteiger partial charge on any atom is -0.550 e. The third kappa shape index (κ3) is 6.72. The normalized spacial score (nSPS) is 19.4. The van der Waals surface area contributed by atoms with Gasteiger partial charge in [-0.3, -0.25) is 19.5 Å². The summed E-state index contributed by atoms with van der Waals surface area (Å²) in [6.07, 6.45) is 3.25. The number of rotatable bonds is 6. The van der Waals surface area contributed by atoms with Crippen molar-refractivity contribution in [3.05, 3.63) is 35.8 Å². The SMILES string of the molecule is CC(=O)[O-].O=C(CSc1ccncc1)N[C@@H]1C(=O)N2C(C(=O)[O-])=C(CO)CS[C@H]12.[Na+]. The van der Waals surface area contributed by atoms with Gasteiger partial charge in [-0.1, -0.05) is 0 Å². The van der Waals surface area contributed by atoms with Crippen LogP contribution < -0.4 is 45.1 Å². The molecule has 0 aliphatic carbocycles. The molecule has 2 aliphatic heterocycles. The molecule has 1 aromatic rings. The van der Waals surface area contributed by atoms with Crippen LogP contribution in [-0.4, -0.2) is 68.3 Å². The molecule has 30 heavy (non-hydrogen) atoms. The molecule has 3 rings (SSSR count). The van der Waals surface area contributed by atoms with Crippen LogP contribution in [0.4, 0.5) is 0 Å². The van der Waals surface area contributed by atoms with Crippen molar-refractivity contribution < 1.29 is 64.1 Å². The van der Waals surface area contributed by atoms with Crippen molar-refractivity contribution in [2.24, 2.45) is 0 Å². The summed E-state index contributed by atoms with van der Waals surface area (Å²) in [6, 6.07) is 2.78. The van der Waals surface area contributed by atoms with Gasteiger partial charge in [0.05, 0.1) is 24.0 Å². The number of carboxylic acids is 2. The van der Waals surface area contributed by atoms with Crippen LogP contribution in [0.15, 0.2) is 40.7 Å². The van der Waals surface area contributed by atoms with E-state index in [-0.39, 0.29) is 58.2 Å². The zero-order valence-electron chi connectivity index (χ0n) is 16.2. The number of pyridine rings is 1. The number of carbonyl (C=O) groups is 4. The first kappa shape index (κ1) is 26.5. The molecule has 1 saturated heterocycles. The van der Waals surface area contributed by atoms with Crippen molar-refractivity contribution in [1.82, 2.24) is 15.2 Å². The van der Waals surface area contributed by atoms with E-state index in [1.165, 1.54) is 23.5 Å². The Morgan fingerprint density at radius 2 is 1.93 bits per heavy atom. The van der Waals surface area contributed by atoms with Crippen molar-refractivity contribution in [2.75, 3.05) is 18.1 Å². The molecule has 0 aromatic carbocycles. The number of carbonyl (C=O) groups excluding carboxylic acids is 4. The maximum absolute atomic E-state index is 12.3. The van der Waals surface area contributed by atoms with Crippen LogP contribution in [-0.2, 0) is 19.2 Å². The molecule has 2 N–H and O–H groups in total. The molecule has 156 valence electrons. The smallest absolute Gasteiger partial charge is 0.550 e. The molecule has 3 heterocycles. The van der Waals surface area contributed by atoms with Crippen molar-refractivity contribution in [2.45, 2.75) is 23.2 Å². The Morgan fingerprint density at radius 1 is 1.33 bits per heavy atom. The van der Waals surface area contributed by atoms with Crippen LogP contribution in [0, 0.1) is 0 Å². The van der Waals surface area contributed by atoms with E-state index in [1.807, 2.05) is 0 Å². The van der Waals surface area contributed by atoms with Crippen molar-refractivity contribution in [1.29, 1.82) is 0 Å². The summed E-state index contributed by atoms with van der Waals surface area (Å²) in [6.45, 7) is 0.520. The molecule has 0 spiro atoms. The average molecular weight is 462 g/mol. The van der Waals surface area contributed by atoms with Gasteiger partial charge in [0.2, 0.25) is 5.91 Å². The second-order valence-corrected chi connectivity index (χ2v) is 7.97. The van der Waals surface area contributed by atoms with Gasteiger partial charge in [-0.05, 0) is 24.6 Å². The summed E-state index contributed by atoms with van der Waals surface area (Å²) in [7, 11) is 0. The fraction of sp³-hybridized carbons (Fsp3) is 0.353. The number of hydrogen-bond donors (Lipinski definition) is 2. The molecule has 13 heteroatoms. The molecule has 0 saturated carbocycles. The van der Waals surface area contributed by atoms with Crippen LogP contribution in [0.25, 0.3) is 0 Å². The van der Waals surface area contributed by atoms with E-state index in [2.05, 4.69) is 10.3 Å². The minimum absolute atomic E-state index is 0. The summed E-state index contributed by atoms with van der Waals surface area (Å²) >= 11 is 2.62. The first-order valence-electron chi connectivity index (χ1n) is 8.25. The number of aliphatic hydroxyl groups is 1. The number of amides is 2. The summed E-state index contributed by atoms with van der Waals surface area (Å²) in [5.41, 5.74) is -0.0412. The van der Waals surface area contributed by atoms with Crippen molar-refractivity contribution in [3.63, 3.8) is 0 Å². The molecule has 10 nitrogen and oxygen atoms in total. The van der Waals surface area contributed by atoms with Crippen LogP contribution in [0.1, 0.15) is 6.92 Å². The molecule has 0 radical (unpaired) electrons. The largest absolute Gasteiger partial charge is 1.00 e. The summed E-state index contributed by atoms with van der Waals surface area (Å²) in [5, 5.41) is 31.5. The van der Waals surface area contributed by atoms with Gasteiger partial charge in [0.25, 0.3) is 5.91 Å². The number of nitrogens with one attached hydrogen (secondary N) is 1. The van der Waals surface area contributed by atoms with E-state index >= 15 is 0 Å². The van der Waals surface area contributed by atoms with Gasteiger partial charge in [0.15, 0.2) is 0 Å². The topological polar surface area (TPSA) is 163 Å². The van der Waals surface area contributed by atoms with Gasteiger partial charge in [0, 0.05) is 29.0 Å². The van der Waals surface area contributed by atoms with Gasteiger partial charge < -0.3 is 30.2 Å². The van der Waals surface area contributed by atoms with Crippen molar-refractivity contribution in [3.8, 4) is 0 Å². The van der Waals surface area contributed by atoms with Crippen molar-refractivity contribution >= 4 is 47.3 Å². The number of aliphatic carboxylic acids is 2. The summed E-state index contributed by atoms with van der Waals surface area (Å²) in [5.74, 6) is -3.00. The standard InChI is InChI=1S/C15H15N3O5S2.C2H4O2.Na/c19-5-8-6-25-14-11(13(21)18(14)12(8)15(22)23)17-10(20)7-24-9-1-3-16-4-2-9;1-2(3)4;/h1-4,11,14,19H,5-7H2,(H,17,20)(H,22,23);1H3,(H,3,4);/q;;+1/p-2/t11-,14-;;/m1../s1.